The molecule has 1 aromatic carbocycles. The third-order valence-corrected chi connectivity index (χ3v) is 1.86. The first-order valence-corrected chi connectivity index (χ1v) is 4.70. The van der Waals surface area contributed by atoms with Crippen molar-refractivity contribution in [3.05, 3.63) is 35.5 Å². The molecule has 1 heterocycles. The predicted molar refractivity (Wildman–Crippen MR) is 57.2 cm³/mol. The second-order valence-corrected chi connectivity index (χ2v) is 3.20. The Balaban J connectivity index is 2.05. The van der Waals surface area contributed by atoms with Gasteiger partial charge in [0.2, 0.25) is 0 Å². The van der Waals surface area contributed by atoms with Gasteiger partial charge in [-0.25, -0.2) is 5.48 Å². The first-order chi connectivity index (χ1) is 7.75. The first kappa shape index (κ1) is 10.4. The van der Waals surface area contributed by atoms with E-state index in [2.05, 4.69) is 20.9 Å². The zero-order valence-electron chi connectivity index (χ0n) is 7.96. The number of nitrogens with one attached hydrogen (secondary N) is 1. The van der Waals surface area contributed by atoms with Gasteiger partial charge in [-0.15, -0.1) is 10.2 Å². The number of phenols is 1. The predicted octanol–water partition coefficient (Wildman–Crippen LogP) is 1.64. The third-order valence-electron chi connectivity index (χ3n) is 1.68. The highest BCUT2D eigenvalue weighted by Gasteiger charge is 2.02. The quantitative estimate of drug-likeness (QED) is 0.792. The average molecular weight is 239 g/mol. The summed E-state index contributed by atoms with van der Waals surface area (Å²) < 4.78 is 0. The Bertz CT molecular complexity index is 494. The zero-order chi connectivity index (χ0) is 11.4. The molecule has 0 spiro atoms. The number of halogens is 1. The van der Waals surface area contributed by atoms with Gasteiger partial charge in [0.25, 0.3) is 0 Å². The molecule has 6 nitrogen and oxygen atoms in total. The monoisotopic (exact) mass is 238 g/mol. The topological polar surface area (TPSA) is 80.2 Å². The number of para-hydroxylation sites is 2. The van der Waals surface area contributed by atoms with Crippen LogP contribution in [-0.2, 0) is 0 Å². The highest BCUT2D eigenvalue weighted by molar-refractivity contribution is 6.29. The third kappa shape index (κ3) is 2.48. The lowest BCUT2D eigenvalue weighted by molar-refractivity contribution is 0.364. The molecule has 0 atom stereocenters. The molecule has 2 aromatic rings. The molecule has 0 unspecified atom stereocenters. The maximum absolute atomic E-state index is 9.40. The highest BCUT2D eigenvalue weighted by Crippen LogP contribution is 2.24. The molecule has 0 radical (unpaired) electrons. The fourth-order valence-electron chi connectivity index (χ4n) is 0.984. The van der Waals surface area contributed by atoms with Crippen molar-refractivity contribution in [3.8, 4) is 11.5 Å². The molecule has 2 N–H and O–H groups in total. The van der Waals surface area contributed by atoms with E-state index in [1.54, 1.807) is 18.2 Å². The molecule has 0 aliphatic heterocycles. The van der Waals surface area contributed by atoms with Crippen molar-refractivity contribution in [1.29, 1.82) is 0 Å². The van der Waals surface area contributed by atoms with Crippen LogP contribution in [0.3, 0.4) is 0 Å². The van der Waals surface area contributed by atoms with Crippen LogP contribution in [-0.4, -0.2) is 20.5 Å². The number of aromatic hydroxyl groups is 1. The summed E-state index contributed by atoms with van der Waals surface area (Å²) in [4.78, 5) is 5.09. The molecule has 0 saturated carbocycles. The SMILES string of the molecule is Oc1ccccc1ONc1cc(Cl)nnn1. The number of rotatable bonds is 3. The molecular formula is C9H7ClN4O2. The van der Waals surface area contributed by atoms with Crippen LogP contribution in [0.1, 0.15) is 0 Å². The van der Waals surface area contributed by atoms with E-state index in [0.717, 1.165) is 0 Å². The van der Waals surface area contributed by atoms with Crippen LogP contribution in [0, 0.1) is 0 Å². The summed E-state index contributed by atoms with van der Waals surface area (Å²) in [5.41, 5.74) is 2.48. The van der Waals surface area contributed by atoms with Gasteiger partial charge < -0.3 is 9.94 Å². The van der Waals surface area contributed by atoms with Gasteiger partial charge in [-0.1, -0.05) is 23.7 Å². The molecule has 0 fully saturated rings. The number of aromatic nitrogens is 3. The Morgan fingerprint density at radius 2 is 2.06 bits per heavy atom. The van der Waals surface area contributed by atoms with Gasteiger partial charge in [-0.3, -0.25) is 0 Å². The molecule has 0 amide bonds. The van der Waals surface area contributed by atoms with E-state index in [9.17, 15) is 5.11 Å². The van der Waals surface area contributed by atoms with Crippen molar-refractivity contribution in [1.82, 2.24) is 15.4 Å². The van der Waals surface area contributed by atoms with Crippen LogP contribution in [0.25, 0.3) is 0 Å². The molecule has 0 aliphatic carbocycles. The fourth-order valence-corrected chi connectivity index (χ4v) is 1.12. The Kier molecular flexibility index (Phi) is 3.02. The lowest BCUT2D eigenvalue weighted by atomic mass is 10.3. The molecule has 82 valence electrons. The molecule has 0 bridgehead atoms. The second kappa shape index (κ2) is 4.63. The molecule has 1 aromatic heterocycles. The summed E-state index contributed by atoms with van der Waals surface area (Å²) >= 11 is 5.60. The summed E-state index contributed by atoms with van der Waals surface area (Å²) in [7, 11) is 0. The summed E-state index contributed by atoms with van der Waals surface area (Å²) in [5, 5.41) is 20.1. The van der Waals surface area contributed by atoms with Crippen molar-refractivity contribution in [2.45, 2.75) is 0 Å². The van der Waals surface area contributed by atoms with Crippen LogP contribution in [0.5, 0.6) is 11.5 Å². The molecule has 0 aliphatic rings. The Labute approximate surface area is 95.8 Å². The van der Waals surface area contributed by atoms with Crippen LogP contribution in [0.2, 0.25) is 5.15 Å². The van der Waals surface area contributed by atoms with Gasteiger partial charge in [0.05, 0.1) is 0 Å². The van der Waals surface area contributed by atoms with Gasteiger partial charge in [0.15, 0.2) is 22.5 Å². The molecule has 16 heavy (non-hydrogen) atoms. The normalized spacial score (nSPS) is 9.81. The molecule has 7 heteroatoms. The first-order valence-electron chi connectivity index (χ1n) is 4.32. The molecular weight excluding hydrogens is 232 g/mol. The molecule has 0 saturated heterocycles. The van der Waals surface area contributed by atoms with Gasteiger partial charge in [-0.2, -0.15) is 0 Å². The Morgan fingerprint density at radius 3 is 2.81 bits per heavy atom. The summed E-state index contributed by atoms with van der Waals surface area (Å²) in [5.74, 6) is 0.587. The minimum atomic E-state index is 0.0168. The lowest BCUT2D eigenvalue weighted by Gasteiger charge is -2.07. The average Bonchev–Trinajstić information content (AvgIpc) is 2.28. The van der Waals surface area contributed by atoms with Crippen LogP contribution >= 0.6 is 11.6 Å². The van der Waals surface area contributed by atoms with Crippen LogP contribution in [0.4, 0.5) is 5.82 Å². The lowest BCUT2D eigenvalue weighted by Crippen LogP contribution is -2.07. The number of hydrogen-bond acceptors (Lipinski definition) is 6. The number of hydrogen-bond donors (Lipinski definition) is 2. The van der Waals surface area contributed by atoms with E-state index in [4.69, 9.17) is 16.4 Å². The smallest absolute Gasteiger partial charge is 0.196 e. The van der Waals surface area contributed by atoms with Gasteiger partial charge in [0, 0.05) is 6.07 Å². The van der Waals surface area contributed by atoms with Gasteiger partial charge in [0.1, 0.15) is 0 Å². The van der Waals surface area contributed by atoms with Crippen molar-refractivity contribution in [2.24, 2.45) is 0 Å². The van der Waals surface area contributed by atoms with E-state index in [0.29, 0.717) is 5.82 Å². The fraction of sp³-hybridized carbons (Fsp3) is 0. The standard InChI is InChI=1S/C9H7ClN4O2/c10-8-5-9(12-14-11-8)13-16-7-4-2-1-3-6(7)15/h1-5,15H,(H,11,12,13). The van der Waals surface area contributed by atoms with Crippen LogP contribution in [0.15, 0.2) is 30.3 Å². The summed E-state index contributed by atoms with van der Waals surface area (Å²) in [6, 6.07) is 7.95. The maximum atomic E-state index is 9.40. The zero-order valence-corrected chi connectivity index (χ0v) is 8.72. The van der Waals surface area contributed by atoms with Crippen molar-refractivity contribution in [3.63, 3.8) is 0 Å². The molecule has 2 rings (SSSR count). The van der Waals surface area contributed by atoms with Crippen molar-refractivity contribution >= 4 is 17.4 Å². The Hall–Kier alpha value is -2.08. The van der Waals surface area contributed by atoms with Crippen LogP contribution < -0.4 is 10.3 Å². The maximum Gasteiger partial charge on any atom is 0.196 e. The van der Waals surface area contributed by atoms with Gasteiger partial charge >= 0.3 is 0 Å². The van der Waals surface area contributed by atoms with E-state index < -0.39 is 0 Å². The Morgan fingerprint density at radius 1 is 1.25 bits per heavy atom. The van der Waals surface area contributed by atoms with E-state index in [-0.39, 0.29) is 16.7 Å². The number of nitrogens with zero attached hydrogens (tertiary/aromatic N) is 3. The van der Waals surface area contributed by atoms with Crippen molar-refractivity contribution < 1.29 is 9.94 Å². The largest absolute Gasteiger partial charge is 0.504 e. The second-order valence-electron chi connectivity index (χ2n) is 2.81. The van der Waals surface area contributed by atoms with E-state index in [1.807, 2.05) is 0 Å². The summed E-state index contributed by atoms with van der Waals surface area (Å²) in [6.45, 7) is 0. The number of benzene rings is 1. The van der Waals surface area contributed by atoms with Crippen molar-refractivity contribution in [2.75, 3.05) is 5.48 Å². The number of anilines is 1. The summed E-state index contributed by atoms with van der Waals surface area (Å²) in [6.07, 6.45) is 0. The van der Waals surface area contributed by atoms with Gasteiger partial charge in [-0.05, 0) is 17.3 Å². The minimum Gasteiger partial charge on any atom is -0.504 e. The highest BCUT2D eigenvalue weighted by atomic mass is 35.5. The number of phenolic OH excluding ortho intramolecular Hbond substituents is 1. The van der Waals surface area contributed by atoms with E-state index in [1.165, 1.54) is 12.1 Å². The van der Waals surface area contributed by atoms with E-state index >= 15 is 0 Å². The minimum absolute atomic E-state index is 0.0168.